The van der Waals surface area contributed by atoms with Crippen molar-refractivity contribution in [2.75, 3.05) is 0 Å². The van der Waals surface area contributed by atoms with Gasteiger partial charge in [0.2, 0.25) is 5.43 Å². The number of benzene rings is 1. The molecule has 34 heavy (non-hydrogen) atoms. The van der Waals surface area contributed by atoms with Gasteiger partial charge in [0, 0.05) is 42.3 Å². The van der Waals surface area contributed by atoms with Crippen molar-refractivity contribution in [2.24, 2.45) is 5.41 Å². The Bertz CT molecular complexity index is 1340. The van der Waals surface area contributed by atoms with Crippen molar-refractivity contribution in [3.05, 3.63) is 83.2 Å². The van der Waals surface area contributed by atoms with Gasteiger partial charge in [0.25, 0.3) is 0 Å². The fourth-order valence-electron chi connectivity index (χ4n) is 4.92. The highest BCUT2D eigenvalue weighted by atomic mass is 16.3. The van der Waals surface area contributed by atoms with E-state index in [1.54, 1.807) is 25.5 Å². The molecule has 0 saturated carbocycles. The smallest absolute Gasteiger partial charge is 0.223 e. The lowest BCUT2D eigenvalue weighted by Gasteiger charge is -2.38. The number of aromatic nitrogens is 5. The molecule has 4 aromatic rings. The molecule has 0 radical (unpaired) electrons. The molecule has 1 aromatic carbocycles. The van der Waals surface area contributed by atoms with Crippen LogP contribution in [0.25, 0.3) is 22.4 Å². The molecule has 3 aromatic heterocycles. The number of hydrogen-bond donors (Lipinski definition) is 1. The molecule has 4 rings (SSSR count). The number of aromatic hydroxyl groups is 1. The molecule has 0 unspecified atom stereocenters. The van der Waals surface area contributed by atoms with Gasteiger partial charge in [-0.2, -0.15) is 0 Å². The van der Waals surface area contributed by atoms with E-state index in [-0.39, 0.29) is 22.1 Å². The van der Waals surface area contributed by atoms with Gasteiger partial charge in [-0.25, -0.2) is 0 Å². The SMILES string of the molecule is Cc1c(O)c(=O)ccn1C(C)(C)CC(C)(C)Cn1cc(-c2ccc(-c3ccncc3)cc2)nn1. The van der Waals surface area contributed by atoms with Crippen LogP contribution in [0.15, 0.2) is 72.0 Å². The van der Waals surface area contributed by atoms with Crippen LogP contribution in [0.4, 0.5) is 0 Å². The third kappa shape index (κ3) is 4.93. The summed E-state index contributed by atoms with van der Waals surface area (Å²) in [6.45, 7) is 11.1. The zero-order valence-corrected chi connectivity index (χ0v) is 20.4. The van der Waals surface area contributed by atoms with Crippen LogP contribution in [0.3, 0.4) is 0 Å². The summed E-state index contributed by atoms with van der Waals surface area (Å²) in [5.74, 6) is -0.191. The molecule has 3 heterocycles. The molecule has 7 nitrogen and oxygen atoms in total. The van der Waals surface area contributed by atoms with Gasteiger partial charge in [-0.1, -0.05) is 43.3 Å². The number of nitrogens with zero attached hydrogens (tertiary/aromatic N) is 5. The maximum Gasteiger partial charge on any atom is 0.223 e. The Morgan fingerprint density at radius 2 is 1.53 bits per heavy atom. The molecular formula is C27H31N5O2. The minimum atomic E-state index is -0.354. The predicted octanol–water partition coefficient (Wildman–Crippen LogP) is 5.03. The van der Waals surface area contributed by atoms with E-state index < -0.39 is 0 Å². The van der Waals surface area contributed by atoms with E-state index in [0.29, 0.717) is 12.2 Å². The van der Waals surface area contributed by atoms with Crippen LogP contribution in [0.5, 0.6) is 5.75 Å². The Kier molecular flexibility index (Phi) is 6.13. The van der Waals surface area contributed by atoms with Gasteiger partial charge in [0.1, 0.15) is 5.69 Å². The zero-order chi connectivity index (χ0) is 24.5. The van der Waals surface area contributed by atoms with E-state index >= 15 is 0 Å². The Morgan fingerprint density at radius 1 is 0.912 bits per heavy atom. The van der Waals surface area contributed by atoms with Gasteiger partial charge in [-0.3, -0.25) is 14.5 Å². The third-order valence-electron chi connectivity index (χ3n) is 6.20. The highest BCUT2D eigenvalue weighted by Gasteiger charge is 2.32. The quantitative estimate of drug-likeness (QED) is 0.420. The van der Waals surface area contributed by atoms with Crippen molar-refractivity contribution < 1.29 is 5.11 Å². The fraction of sp³-hybridized carbons (Fsp3) is 0.333. The molecular weight excluding hydrogens is 426 g/mol. The summed E-state index contributed by atoms with van der Waals surface area (Å²) in [6.07, 6.45) is 8.13. The first-order valence-corrected chi connectivity index (χ1v) is 11.4. The molecule has 0 bridgehead atoms. The van der Waals surface area contributed by atoms with Crippen molar-refractivity contribution in [1.82, 2.24) is 24.5 Å². The lowest BCUT2D eigenvalue weighted by atomic mass is 9.79. The van der Waals surface area contributed by atoms with E-state index in [9.17, 15) is 9.90 Å². The van der Waals surface area contributed by atoms with Crippen molar-refractivity contribution in [3.8, 4) is 28.1 Å². The van der Waals surface area contributed by atoms with Crippen LogP contribution in [0, 0.1) is 12.3 Å². The van der Waals surface area contributed by atoms with Crippen LogP contribution in [-0.2, 0) is 12.1 Å². The first-order valence-electron chi connectivity index (χ1n) is 11.4. The topological polar surface area (TPSA) is 85.8 Å². The van der Waals surface area contributed by atoms with E-state index in [1.807, 2.05) is 27.6 Å². The van der Waals surface area contributed by atoms with E-state index in [2.05, 4.69) is 67.3 Å². The molecule has 1 N–H and O–H groups in total. The first kappa shape index (κ1) is 23.4. The predicted molar refractivity (Wildman–Crippen MR) is 134 cm³/mol. The Morgan fingerprint density at radius 3 is 2.21 bits per heavy atom. The summed E-state index contributed by atoms with van der Waals surface area (Å²) in [5, 5.41) is 18.9. The Labute approximate surface area is 199 Å². The van der Waals surface area contributed by atoms with Crippen molar-refractivity contribution >= 4 is 0 Å². The van der Waals surface area contributed by atoms with Crippen LogP contribution >= 0.6 is 0 Å². The van der Waals surface area contributed by atoms with Gasteiger partial charge in [-0.15, -0.1) is 5.10 Å². The zero-order valence-electron chi connectivity index (χ0n) is 20.4. The molecule has 7 heteroatoms. The standard InChI is InChI=1S/C27H31N5O2/c1-19-25(34)24(33)12-15-32(19)27(4,5)17-26(2,3)18-31-16-23(29-30-31)22-8-6-20(7-9-22)21-10-13-28-14-11-21/h6-16,34H,17-18H2,1-5H3. The van der Waals surface area contributed by atoms with Crippen molar-refractivity contribution in [2.45, 2.75) is 53.1 Å². The molecule has 0 aliphatic carbocycles. The average molecular weight is 458 g/mol. The summed E-state index contributed by atoms with van der Waals surface area (Å²) < 4.78 is 3.86. The summed E-state index contributed by atoms with van der Waals surface area (Å²) in [4.78, 5) is 15.8. The van der Waals surface area contributed by atoms with E-state index in [0.717, 1.165) is 28.8 Å². The summed E-state index contributed by atoms with van der Waals surface area (Å²) in [6, 6.07) is 13.7. The third-order valence-corrected chi connectivity index (χ3v) is 6.20. The minimum absolute atomic E-state index is 0.120. The van der Waals surface area contributed by atoms with Gasteiger partial charge < -0.3 is 9.67 Å². The second-order valence-electron chi connectivity index (χ2n) is 10.3. The van der Waals surface area contributed by atoms with Crippen molar-refractivity contribution in [1.29, 1.82) is 0 Å². The van der Waals surface area contributed by atoms with Crippen LogP contribution in [0.2, 0.25) is 0 Å². The van der Waals surface area contributed by atoms with Gasteiger partial charge in [-0.05, 0) is 55.9 Å². The Balaban J connectivity index is 1.49. The fourth-order valence-corrected chi connectivity index (χ4v) is 4.92. The largest absolute Gasteiger partial charge is 0.503 e. The van der Waals surface area contributed by atoms with Crippen LogP contribution < -0.4 is 5.43 Å². The molecule has 0 aliphatic heterocycles. The second kappa shape index (κ2) is 8.89. The lowest BCUT2D eigenvalue weighted by Crippen LogP contribution is -2.36. The maximum atomic E-state index is 11.8. The minimum Gasteiger partial charge on any atom is -0.503 e. The first-order chi connectivity index (χ1) is 16.1. The molecule has 176 valence electrons. The van der Waals surface area contributed by atoms with Gasteiger partial charge in [0.15, 0.2) is 5.75 Å². The Hall–Kier alpha value is -3.74. The number of pyridine rings is 2. The highest BCUT2D eigenvalue weighted by Crippen LogP contribution is 2.35. The summed E-state index contributed by atoms with van der Waals surface area (Å²) in [7, 11) is 0. The van der Waals surface area contributed by atoms with Gasteiger partial charge >= 0.3 is 0 Å². The van der Waals surface area contributed by atoms with Crippen LogP contribution in [-0.4, -0.2) is 29.7 Å². The maximum absolute atomic E-state index is 11.8. The lowest BCUT2D eigenvalue weighted by molar-refractivity contribution is 0.164. The molecule has 0 spiro atoms. The molecule has 0 saturated heterocycles. The summed E-state index contributed by atoms with van der Waals surface area (Å²) in [5.41, 5.74) is 3.89. The van der Waals surface area contributed by atoms with Crippen molar-refractivity contribution in [3.63, 3.8) is 0 Å². The number of rotatable bonds is 7. The normalized spacial score (nSPS) is 12.1. The average Bonchev–Trinajstić information content (AvgIpc) is 3.25. The second-order valence-corrected chi connectivity index (χ2v) is 10.3. The molecule has 0 amide bonds. The van der Waals surface area contributed by atoms with Crippen LogP contribution in [0.1, 0.15) is 39.8 Å². The van der Waals surface area contributed by atoms with Gasteiger partial charge in [0.05, 0.1) is 11.9 Å². The number of hydrogen-bond acceptors (Lipinski definition) is 5. The molecule has 0 atom stereocenters. The van der Waals surface area contributed by atoms with E-state index in [4.69, 9.17) is 0 Å². The molecule has 0 aliphatic rings. The monoisotopic (exact) mass is 457 g/mol. The summed E-state index contributed by atoms with van der Waals surface area (Å²) >= 11 is 0. The highest BCUT2D eigenvalue weighted by molar-refractivity contribution is 5.68. The van der Waals surface area contributed by atoms with E-state index in [1.165, 1.54) is 6.07 Å². The molecule has 0 fully saturated rings.